The smallest absolute Gasteiger partial charge is 0.227 e. The summed E-state index contributed by atoms with van der Waals surface area (Å²) in [5.41, 5.74) is 1.63. The van der Waals surface area contributed by atoms with Crippen molar-refractivity contribution in [3.8, 4) is 17.2 Å². The second kappa shape index (κ2) is 9.17. The molecule has 4 rings (SSSR count). The van der Waals surface area contributed by atoms with Crippen molar-refractivity contribution in [3.63, 3.8) is 0 Å². The molecular weight excluding hydrogens is 380 g/mol. The fourth-order valence-corrected chi connectivity index (χ4v) is 3.68. The largest absolute Gasteiger partial charge is 0.497 e. The van der Waals surface area contributed by atoms with Gasteiger partial charge in [0.2, 0.25) is 5.95 Å². The van der Waals surface area contributed by atoms with E-state index in [0.29, 0.717) is 17.4 Å². The van der Waals surface area contributed by atoms with Crippen LogP contribution >= 0.6 is 0 Å². The Morgan fingerprint density at radius 2 is 1.73 bits per heavy atom. The topological polar surface area (TPSA) is 68.7 Å². The molecule has 30 heavy (non-hydrogen) atoms. The molecule has 158 valence electrons. The highest BCUT2D eigenvalue weighted by atomic mass is 16.5. The van der Waals surface area contributed by atoms with Gasteiger partial charge in [-0.25, -0.2) is 9.97 Å². The number of benzene rings is 2. The van der Waals surface area contributed by atoms with Gasteiger partial charge < -0.3 is 24.4 Å². The van der Waals surface area contributed by atoms with E-state index < -0.39 is 0 Å². The second-order valence-electron chi connectivity index (χ2n) is 7.39. The number of nitrogens with one attached hydrogen (secondary N) is 1. The molecule has 1 saturated heterocycles. The van der Waals surface area contributed by atoms with Gasteiger partial charge in [-0.15, -0.1) is 0 Å². The van der Waals surface area contributed by atoms with Gasteiger partial charge in [0, 0.05) is 54.6 Å². The van der Waals surface area contributed by atoms with E-state index in [1.807, 2.05) is 42.6 Å². The number of hydrogen-bond donors (Lipinski definition) is 1. The summed E-state index contributed by atoms with van der Waals surface area (Å²) in [5, 5.41) is 4.20. The molecular formula is C23H28N4O3. The van der Waals surface area contributed by atoms with Crippen LogP contribution in [0.5, 0.6) is 17.2 Å². The zero-order chi connectivity index (χ0) is 20.9. The van der Waals surface area contributed by atoms with Crippen LogP contribution < -0.4 is 19.5 Å². The van der Waals surface area contributed by atoms with Crippen molar-refractivity contribution < 1.29 is 14.2 Å². The minimum absolute atomic E-state index is 0.258. The van der Waals surface area contributed by atoms with E-state index in [1.54, 1.807) is 14.2 Å². The van der Waals surface area contributed by atoms with Gasteiger partial charge in [-0.1, -0.05) is 6.92 Å². The fourth-order valence-electron chi connectivity index (χ4n) is 3.68. The molecule has 7 heteroatoms. The van der Waals surface area contributed by atoms with Gasteiger partial charge in [0.15, 0.2) is 0 Å². The van der Waals surface area contributed by atoms with Crippen molar-refractivity contribution in [1.82, 2.24) is 14.9 Å². The van der Waals surface area contributed by atoms with Gasteiger partial charge in [0.05, 0.1) is 19.7 Å². The molecule has 2 aromatic carbocycles. The van der Waals surface area contributed by atoms with Gasteiger partial charge in [-0.2, -0.15) is 0 Å². The average molecular weight is 409 g/mol. The van der Waals surface area contributed by atoms with Gasteiger partial charge in [0.25, 0.3) is 0 Å². The van der Waals surface area contributed by atoms with Crippen LogP contribution in [0.1, 0.15) is 19.8 Å². The molecule has 0 radical (unpaired) electrons. The zero-order valence-corrected chi connectivity index (χ0v) is 17.7. The SMILES string of the molecule is CCN1CCC(Oc2ccc3cnc(Nc4cc(OC)cc(OC)c4)nc3c2)CC1. The molecule has 3 aromatic rings. The van der Waals surface area contributed by atoms with E-state index in [2.05, 4.69) is 27.1 Å². The lowest BCUT2D eigenvalue weighted by molar-refractivity contribution is 0.104. The molecule has 1 N–H and O–H groups in total. The van der Waals surface area contributed by atoms with E-state index in [4.69, 9.17) is 14.2 Å². The molecule has 0 spiro atoms. The monoisotopic (exact) mass is 408 g/mol. The third-order valence-electron chi connectivity index (χ3n) is 5.45. The van der Waals surface area contributed by atoms with Gasteiger partial charge in [0.1, 0.15) is 23.4 Å². The summed E-state index contributed by atoms with van der Waals surface area (Å²) < 4.78 is 16.9. The Morgan fingerprint density at radius 1 is 1.00 bits per heavy atom. The minimum atomic E-state index is 0.258. The van der Waals surface area contributed by atoms with Crippen LogP contribution in [0.15, 0.2) is 42.6 Å². The van der Waals surface area contributed by atoms with Crippen molar-refractivity contribution in [2.24, 2.45) is 0 Å². The van der Waals surface area contributed by atoms with E-state index in [1.165, 1.54) is 0 Å². The number of piperidine rings is 1. The molecule has 2 heterocycles. The van der Waals surface area contributed by atoms with Gasteiger partial charge >= 0.3 is 0 Å². The summed E-state index contributed by atoms with van der Waals surface area (Å²) in [4.78, 5) is 11.6. The van der Waals surface area contributed by atoms with Gasteiger partial charge in [-0.3, -0.25) is 0 Å². The molecule has 0 amide bonds. The number of likely N-dealkylation sites (tertiary alicyclic amines) is 1. The molecule has 0 atom stereocenters. The normalized spacial score (nSPS) is 15.2. The first kappa shape index (κ1) is 20.2. The van der Waals surface area contributed by atoms with Crippen LogP contribution in [0.3, 0.4) is 0 Å². The predicted octanol–water partition coefficient (Wildman–Crippen LogP) is 4.25. The molecule has 1 aromatic heterocycles. The van der Waals surface area contributed by atoms with Crippen LogP contribution in [0, 0.1) is 0 Å². The van der Waals surface area contributed by atoms with Crippen LogP contribution in [-0.4, -0.2) is 54.8 Å². The minimum Gasteiger partial charge on any atom is -0.497 e. The Kier molecular flexibility index (Phi) is 6.18. The maximum Gasteiger partial charge on any atom is 0.227 e. The van der Waals surface area contributed by atoms with Crippen molar-refractivity contribution in [1.29, 1.82) is 0 Å². The number of rotatable bonds is 7. The number of anilines is 2. The van der Waals surface area contributed by atoms with Gasteiger partial charge in [-0.05, 0) is 31.5 Å². The molecule has 1 aliphatic rings. The summed E-state index contributed by atoms with van der Waals surface area (Å²) in [6.45, 7) is 5.50. The Bertz CT molecular complexity index is 981. The summed E-state index contributed by atoms with van der Waals surface area (Å²) >= 11 is 0. The summed E-state index contributed by atoms with van der Waals surface area (Å²) in [6.07, 6.45) is 4.18. The summed E-state index contributed by atoms with van der Waals surface area (Å²) in [6, 6.07) is 11.6. The predicted molar refractivity (Wildman–Crippen MR) is 118 cm³/mol. The maximum atomic E-state index is 6.23. The molecule has 0 bridgehead atoms. The highest BCUT2D eigenvalue weighted by molar-refractivity contribution is 5.80. The number of nitrogens with zero attached hydrogens (tertiary/aromatic N) is 3. The average Bonchev–Trinajstić information content (AvgIpc) is 2.79. The van der Waals surface area contributed by atoms with Crippen molar-refractivity contribution in [3.05, 3.63) is 42.6 Å². The number of fused-ring (bicyclic) bond motifs is 1. The molecule has 1 aliphatic heterocycles. The molecule has 0 saturated carbocycles. The molecule has 0 aliphatic carbocycles. The van der Waals surface area contributed by atoms with E-state index in [0.717, 1.165) is 54.8 Å². The lowest BCUT2D eigenvalue weighted by Crippen LogP contribution is -2.37. The standard InChI is InChI=1S/C23H28N4O3/c1-4-27-9-7-18(8-10-27)30-19-6-5-16-15-24-23(26-22(16)14-19)25-17-11-20(28-2)13-21(12-17)29-3/h5-6,11-15,18H,4,7-10H2,1-3H3,(H,24,25,26). The van der Waals surface area contributed by atoms with E-state index >= 15 is 0 Å². The van der Waals surface area contributed by atoms with E-state index in [-0.39, 0.29) is 6.10 Å². The highest BCUT2D eigenvalue weighted by Gasteiger charge is 2.19. The maximum absolute atomic E-state index is 6.23. The van der Waals surface area contributed by atoms with Crippen molar-refractivity contribution in [2.75, 3.05) is 39.2 Å². The first-order valence-corrected chi connectivity index (χ1v) is 10.3. The Morgan fingerprint density at radius 3 is 2.40 bits per heavy atom. The third kappa shape index (κ3) is 4.74. The first-order chi connectivity index (χ1) is 14.7. The number of methoxy groups -OCH3 is 2. The quantitative estimate of drug-likeness (QED) is 0.627. The Labute approximate surface area is 177 Å². The van der Waals surface area contributed by atoms with Crippen molar-refractivity contribution in [2.45, 2.75) is 25.9 Å². The highest BCUT2D eigenvalue weighted by Crippen LogP contribution is 2.28. The fraction of sp³-hybridized carbons (Fsp3) is 0.391. The molecule has 0 unspecified atom stereocenters. The second-order valence-corrected chi connectivity index (χ2v) is 7.39. The summed E-state index contributed by atoms with van der Waals surface area (Å²) in [7, 11) is 3.25. The number of ether oxygens (including phenoxy) is 3. The Hall–Kier alpha value is -3.06. The summed E-state index contributed by atoms with van der Waals surface area (Å²) in [5.74, 6) is 2.75. The van der Waals surface area contributed by atoms with Crippen molar-refractivity contribution >= 4 is 22.5 Å². The Balaban J connectivity index is 1.51. The number of hydrogen-bond acceptors (Lipinski definition) is 7. The first-order valence-electron chi connectivity index (χ1n) is 10.3. The molecule has 7 nitrogen and oxygen atoms in total. The van der Waals surface area contributed by atoms with Crippen LogP contribution in [-0.2, 0) is 0 Å². The lowest BCUT2D eigenvalue weighted by Gasteiger charge is -2.31. The molecule has 1 fully saturated rings. The lowest BCUT2D eigenvalue weighted by atomic mass is 10.1. The van der Waals surface area contributed by atoms with Crippen LogP contribution in [0.4, 0.5) is 11.6 Å². The van der Waals surface area contributed by atoms with Crippen LogP contribution in [0.2, 0.25) is 0 Å². The number of aromatic nitrogens is 2. The van der Waals surface area contributed by atoms with Crippen LogP contribution in [0.25, 0.3) is 10.9 Å². The third-order valence-corrected chi connectivity index (χ3v) is 5.45. The zero-order valence-electron chi connectivity index (χ0n) is 17.7. The van der Waals surface area contributed by atoms with E-state index in [9.17, 15) is 0 Å².